The van der Waals surface area contributed by atoms with Crippen LogP contribution in [-0.4, -0.2) is 0 Å². The maximum absolute atomic E-state index is 5.86. The standard InChI is InChI=1S/C63H40N2S2/c1-3-15-41-16-4-8-23-49(41)40(2)64(57-27-12-20-42-17-5-9-24-50(42)57)47-30-32-60-55(38-47)53-34-45-35-54-56-39-48(31-33-61(56)67-63(54)37-46(45)36-62(53)66-60)65(58-28-13-21-43-18-6-10-25-51(43)58)59-29-14-22-44-19-7-11-26-52(44)59/h1,4-39H,2H3/b41-15-,49-40+. The van der Waals surface area contributed by atoms with Crippen molar-refractivity contribution in [3.8, 4) is 12.3 Å². The summed E-state index contributed by atoms with van der Waals surface area (Å²) in [5, 5.41) is 16.9. The van der Waals surface area contributed by atoms with Gasteiger partial charge in [0.2, 0.25) is 0 Å². The summed E-state index contributed by atoms with van der Waals surface area (Å²) in [6.07, 6.45) is 7.73. The predicted octanol–water partition coefficient (Wildman–Crippen LogP) is 16.9. The normalized spacial score (nSPS) is 12.6. The summed E-state index contributed by atoms with van der Waals surface area (Å²) in [5.74, 6) is 2.78. The van der Waals surface area contributed by atoms with Crippen LogP contribution >= 0.6 is 22.7 Å². The molecular weight excluding hydrogens is 849 g/mol. The number of hydrogen-bond acceptors (Lipinski definition) is 4. The van der Waals surface area contributed by atoms with Crippen LogP contribution in [0.5, 0.6) is 0 Å². The van der Waals surface area contributed by atoms with Crippen molar-refractivity contribution in [1.29, 1.82) is 0 Å². The van der Waals surface area contributed by atoms with E-state index >= 15 is 0 Å². The van der Waals surface area contributed by atoms with Crippen LogP contribution in [0.1, 0.15) is 6.92 Å². The highest BCUT2D eigenvalue weighted by molar-refractivity contribution is 7.26. The molecule has 67 heavy (non-hydrogen) atoms. The molecule has 0 spiro atoms. The van der Waals surface area contributed by atoms with Gasteiger partial charge >= 0.3 is 0 Å². The zero-order valence-corrected chi connectivity index (χ0v) is 38.2. The third kappa shape index (κ3) is 6.47. The molecule has 2 heterocycles. The maximum atomic E-state index is 5.86. The van der Waals surface area contributed by atoms with Gasteiger partial charge in [-0.25, -0.2) is 0 Å². The van der Waals surface area contributed by atoms with Crippen LogP contribution < -0.4 is 20.2 Å². The lowest BCUT2D eigenvalue weighted by Gasteiger charge is -2.28. The van der Waals surface area contributed by atoms with E-state index in [-0.39, 0.29) is 0 Å². The number of rotatable bonds is 6. The molecule has 0 saturated heterocycles. The van der Waals surface area contributed by atoms with Gasteiger partial charge in [-0.15, -0.1) is 29.1 Å². The van der Waals surface area contributed by atoms with Crippen LogP contribution in [-0.2, 0) is 0 Å². The highest BCUT2D eigenvalue weighted by Gasteiger charge is 2.21. The average Bonchev–Trinajstić information content (AvgIpc) is 3.91. The molecule has 0 unspecified atom stereocenters. The predicted molar refractivity (Wildman–Crippen MR) is 294 cm³/mol. The fraction of sp³-hybridized carbons (Fsp3) is 0.0159. The van der Waals surface area contributed by atoms with Crippen molar-refractivity contribution in [2.75, 3.05) is 9.80 Å². The van der Waals surface area contributed by atoms with E-state index in [0.29, 0.717) is 0 Å². The third-order valence-corrected chi connectivity index (χ3v) is 15.7. The lowest BCUT2D eigenvalue weighted by molar-refractivity contribution is 1.26. The van der Waals surface area contributed by atoms with Crippen molar-refractivity contribution in [3.63, 3.8) is 0 Å². The van der Waals surface area contributed by atoms with Gasteiger partial charge in [-0.3, -0.25) is 0 Å². The number of thiophene rings is 2. The van der Waals surface area contributed by atoms with E-state index < -0.39 is 0 Å². The Kier molecular flexibility index (Phi) is 9.21. The number of nitrogens with zero attached hydrogens (tertiary/aromatic N) is 2. The molecule has 0 radical (unpaired) electrons. The summed E-state index contributed by atoms with van der Waals surface area (Å²) in [6, 6.07) is 78.0. The largest absolute Gasteiger partial charge is 0.313 e. The fourth-order valence-corrected chi connectivity index (χ4v) is 12.6. The second kappa shape index (κ2) is 15.8. The molecule has 0 saturated carbocycles. The Morgan fingerprint density at radius 3 is 1.43 bits per heavy atom. The van der Waals surface area contributed by atoms with Crippen LogP contribution in [0.25, 0.3) is 95.2 Å². The molecule has 11 aromatic carbocycles. The van der Waals surface area contributed by atoms with E-state index in [9.17, 15) is 0 Å². The minimum Gasteiger partial charge on any atom is -0.313 e. The second-order valence-corrected chi connectivity index (χ2v) is 19.4. The first-order valence-corrected chi connectivity index (χ1v) is 24.2. The molecule has 0 aliphatic heterocycles. The van der Waals surface area contributed by atoms with Crippen molar-refractivity contribution < 1.29 is 0 Å². The Morgan fingerprint density at radius 1 is 0.403 bits per heavy atom. The Morgan fingerprint density at radius 2 is 0.851 bits per heavy atom. The summed E-state index contributed by atoms with van der Waals surface area (Å²) in [4.78, 5) is 4.87. The number of anilines is 5. The molecule has 314 valence electrons. The van der Waals surface area contributed by atoms with E-state index in [0.717, 1.165) is 44.6 Å². The quantitative estimate of drug-likeness (QED) is 0.154. The van der Waals surface area contributed by atoms with Gasteiger partial charge < -0.3 is 9.80 Å². The molecule has 2 nitrogen and oxygen atoms in total. The van der Waals surface area contributed by atoms with Gasteiger partial charge in [-0.05, 0) is 124 Å². The molecule has 13 rings (SSSR count). The van der Waals surface area contributed by atoms with Crippen LogP contribution in [0.2, 0.25) is 0 Å². The van der Waals surface area contributed by atoms with Gasteiger partial charge in [0.15, 0.2) is 0 Å². The molecule has 0 amide bonds. The van der Waals surface area contributed by atoms with Crippen molar-refractivity contribution in [2.24, 2.45) is 0 Å². The molecular formula is C63H40N2S2. The first-order chi connectivity index (χ1) is 33.1. The number of fused-ring (bicyclic) bond motifs is 10. The number of hydrogen-bond donors (Lipinski definition) is 0. The Bertz CT molecular complexity index is 4240. The van der Waals surface area contributed by atoms with E-state index in [1.807, 2.05) is 28.7 Å². The smallest absolute Gasteiger partial charge is 0.0540 e. The minimum absolute atomic E-state index is 1.02. The van der Waals surface area contributed by atoms with Gasteiger partial charge in [-0.2, -0.15) is 0 Å². The monoisotopic (exact) mass is 888 g/mol. The highest BCUT2D eigenvalue weighted by Crippen LogP contribution is 2.47. The molecule has 0 fully saturated rings. The lowest BCUT2D eigenvalue weighted by Crippen LogP contribution is -2.31. The van der Waals surface area contributed by atoms with Crippen molar-refractivity contribution in [1.82, 2.24) is 0 Å². The number of benzene rings is 11. The van der Waals surface area contributed by atoms with Crippen molar-refractivity contribution in [2.45, 2.75) is 6.92 Å². The van der Waals surface area contributed by atoms with E-state index in [2.05, 4.69) is 235 Å². The van der Waals surface area contributed by atoms with Gasteiger partial charge in [0.25, 0.3) is 0 Å². The van der Waals surface area contributed by atoms with Crippen molar-refractivity contribution >= 4 is 146 Å². The SMILES string of the molecule is C#C/C=c1/cccc/c1=C(/C)N(c1ccc2sc3cc4cc5sc6ccc(N(c7cccc8ccccc78)c7cccc8ccccc78)cc6c5cc4cc3c2c1)c1cccc2ccccc12. The molecule has 0 aliphatic rings. The van der Waals surface area contributed by atoms with Crippen LogP contribution in [0, 0.1) is 12.3 Å². The average molecular weight is 889 g/mol. The summed E-state index contributed by atoms with van der Waals surface area (Å²) in [5.41, 5.74) is 6.79. The van der Waals surface area contributed by atoms with E-state index in [1.165, 1.54) is 83.4 Å². The summed E-state index contributed by atoms with van der Waals surface area (Å²) in [7, 11) is 0. The first-order valence-electron chi connectivity index (χ1n) is 22.6. The van der Waals surface area contributed by atoms with Gasteiger partial charge in [0, 0.05) is 78.8 Å². The topological polar surface area (TPSA) is 6.48 Å². The Hall–Kier alpha value is -8.20. The van der Waals surface area contributed by atoms with Gasteiger partial charge in [-0.1, -0.05) is 139 Å². The first kappa shape index (κ1) is 39.2. The van der Waals surface area contributed by atoms with Crippen LogP contribution in [0.4, 0.5) is 28.4 Å². The third-order valence-electron chi connectivity index (χ3n) is 13.4. The molecule has 13 aromatic rings. The molecule has 0 N–H and O–H groups in total. The minimum atomic E-state index is 1.02. The molecule has 0 aliphatic carbocycles. The lowest BCUT2D eigenvalue weighted by atomic mass is 10.0. The van der Waals surface area contributed by atoms with E-state index in [1.54, 1.807) is 0 Å². The van der Waals surface area contributed by atoms with Crippen molar-refractivity contribution in [3.05, 3.63) is 223 Å². The van der Waals surface area contributed by atoms with Gasteiger partial charge in [0.1, 0.15) is 0 Å². The Balaban J connectivity index is 1.000. The fourth-order valence-electron chi connectivity index (χ4n) is 10.3. The Labute approximate surface area is 395 Å². The summed E-state index contributed by atoms with van der Waals surface area (Å²) in [6.45, 7) is 2.21. The maximum Gasteiger partial charge on any atom is 0.0540 e. The van der Waals surface area contributed by atoms with Gasteiger partial charge in [0.05, 0.1) is 17.1 Å². The zero-order chi connectivity index (χ0) is 44.6. The second-order valence-electron chi connectivity index (χ2n) is 17.3. The zero-order valence-electron chi connectivity index (χ0n) is 36.6. The molecule has 4 heteroatoms. The number of terminal acetylenes is 1. The highest BCUT2D eigenvalue weighted by atomic mass is 32.1. The van der Waals surface area contributed by atoms with Crippen LogP contribution in [0.15, 0.2) is 212 Å². The molecule has 0 bridgehead atoms. The molecule has 2 aromatic heterocycles. The molecule has 0 atom stereocenters. The van der Waals surface area contributed by atoms with E-state index in [4.69, 9.17) is 6.42 Å². The summed E-state index contributed by atoms with van der Waals surface area (Å²) < 4.78 is 5.13. The van der Waals surface area contributed by atoms with Crippen LogP contribution in [0.3, 0.4) is 0 Å². The summed E-state index contributed by atoms with van der Waals surface area (Å²) >= 11 is 3.74.